The Morgan fingerprint density at radius 1 is 1.17 bits per heavy atom. The van der Waals surface area contributed by atoms with Crippen LogP contribution in [0, 0.1) is 11.7 Å². The van der Waals surface area contributed by atoms with Crippen molar-refractivity contribution in [1.82, 2.24) is 9.88 Å². The third-order valence-corrected chi connectivity index (χ3v) is 5.04. The fraction of sp³-hybridized carbons (Fsp3) is 0.273. The maximum atomic E-state index is 13.4. The number of aromatic amines is 1. The molecule has 5 nitrogen and oxygen atoms in total. The van der Waals surface area contributed by atoms with Crippen LogP contribution in [-0.4, -0.2) is 22.5 Å². The Kier molecular flexibility index (Phi) is 6.23. The number of amides is 2. The van der Waals surface area contributed by atoms with E-state index in [1.807, 2.05) is 39.0 Å². The maximum Gasteiger partial charge on any atom is 0.322 e. The molecule has 0 saturated heterocycles. The molecule has 1 atom stereocenters. The Hall–Kier alpha value is -2.86. The van der Waals surface area contributed by atoms with Crippen LogP contribution in [0.25, 0.3) is 10.8 Å². The molecule has 0 aliphatic heterocycles. The van der Waals surface area contributed by atoms with Crippen LogP contribution < -0.4 is 10.9 Å². The number of rotatable bonds is 5. The van der Waals surface area contributed by atoms with E-state index in [1.54, 1.807) is 17.2 Å². The number of H-pyrrole nitrogens is 1. The Bertz CT molecular complexity index is 1100. The minimum Gasteiger partial charge on any atom is -0.328 e. The Morgan fingerprint density at radius 3 is 2.52 bits per heavy atom. The van der Waals surface area contributed by atoms with Gasteiger partial charge in [0.05, 0.1) is 11.1 Å². The number of carbonyl (C=O) groups excluding carboxylic acids is 1. The number of hydrogen-bond acceptors (Lipinski definition) is 2. The number of pyridine rings is 1. The van der Waals surface area contributed by atoms with Gasteiger partial charge in [-0.25, -0.2) is 9.18 Å². The van der Waals surface area contributed by atoms with E-state index in [-0.39, 0.29) is 28.6 Å². The zero-order valence-corrected chi connectivity index (χ0v) is 17.3. The number of nitrogens with one attached hydrogen (secondary N) is 2. The SMILES string of the molecule is CC(C)CN(C(=O)Nc1ccc(F)c(Cl)c1)[C@@H](C)c1c[nH]c(=O)c2ccccc12. The van der Waals surface area contributed by atoms with E-state index in [9.17, 15) is 14.0 Å². The fourth-order valence-corrected chi connectivity index (χ4v) is 3.51. The molecule has 2 aromatic carbocycles. The molecule has 0 aliphatic rings. The third-order valence-electron chi connectivity index (χ3n) is 4.75. The minimum absolute atomic E-state index is 0.0575. The van der Waals surface area contributed by atoms with Crippen molar-refractivity contribution in [3.05, 3.63) is 75.4 Å². The third kappa shape index (κ3) is 4.59. The van der Waals surface area contributed by atoms with E-state index in [0.717, 1.165) is 10.9 Å². The van der Waals surface area contributed by atoms with E-state index in [4.69, 9.17) is 11.6 Å². The average Bonchev–Trinajstić information content (AvgIpc) is 2.69. The van der Waals surface area contributed by atoms with Crippen LogP contribution >= 0.6 is 11.6 Å². The van der Waals surface area contributed by atoms with E-state index in [0.29, 0.717) is 17.6 Å². The molecule has 1 aromatic heterocycles. The largest absolute Gasteiger partial charge is 0.328 e. The topological polar surface area (TPSA) is 65.2 Å². The molecule has 0 aliphatic carbocycles. The summed E-state index contributed by atoms with van der Waals surface area (Å²) in [6, 6.07) is 10.7. The highest BCUT2D eigenvalue weighted by Crippen LogP contribution is 2.28. The van der Waals surface area contributed by atoms with E-state index in [1.165, 1.54) is 18.2 Å². The highest BCUT2D eigenvalue weighted by Gasteiger charge is 2.24. The van der Waals surface area contributed by atoms with Gasteiger partial charge in [0.2, 0.25) is 0 Å². The highest BCUT2D eigenvalue weighted by molar-refractivity contribution is 6.31. The predicted molar refractivity (Wildman–Crippen MR) is 115 cm³/mol. The molecule has 2 N–H and O–H groups in total. The summed E-state index contributed by atoms with van der Waals surface area (Å²) in [5, 5.41) is 4.11. The molecular formula is C22H23ClFN3O2. The van der Waals surface area contributed by atoms with Crippen molar-refractivity contribution in [3.8, 4) is 0 Å². The first-order chi connectivity index (χ1) is 13.8. The van der Waals surface area contributed by atoms with Crippen molar-refractivity contribution in [2.75, 3.05) is 11.9 Å². The van der Waals surface area contributed by atoms with E-state index < -0.39 is 5.82 Å². The van der Waals surface area contributed by atoms with Gasteiger partial charge in [-0.15, -0.1) is 0 Å². The van der Waals surface area contributed by atoms with Gasteiger partial charge >= 0.3 is 6.03 Å². The standard InChI is InChI=1S/C22H23ClFN3O2/c1-13(2)12-27(22(29)26-15-8-9-20(24)19(23)10-15)14(3)18-11-25-21(28)17-7-5-4-6-16(17)18/h4-11,13-14H,12H2,1-3H3,(H,25,28)(H,26,29)/t14-/m0/s1. The molecule has 3 aromatic rings. The average molecular weight is 416 g/mol. The zero-order valence-electron chi connectivity index (χ0n) is 16.5. The molecule has 7 heteroatoms. The molecule has 29 heavy (non-hydrogen) atoms. The van der Waals surface area contributed by atoms with Crippen LogP contribution in [0.4, 0.5) is 14.9 Å². The second-order valence-electron chi connectivity index (χ2n) is 7.40. The number of aromatic nitrogens is 1. The van der Waals surface area contributed by atoms with Crippen LogP contribution in [-0.2, 0) is 0 Å². The Labute approximate surface area is 173 Å². The second kappa shape index (κ2) is 8.66. The van der Waals surface area contributed by atoms with E-state index >= 15 is 0 Å². The van der Waals surface area contributed by atoms with Gasteiger partial charge in [0.25, 0.3) is 5.56 Å². The van der Waals surface area contributed by atoms with Crippen molar-refractivity contribution in [2.24, 2.45) is 5.92 Å². The summed E-state index contributed by atoms with van der Waals surface area (Å²) in [4.78, 5) is 29.7. The Morgan fingerprint density at radius 2 is 1.86 bits per heavy atom. The van der Waals surface area contributed by atoms with Gasteiger partial charge in [0, 0.05) is 23.8 Å². The summed E-state index contributed by atoms with van der Waals surface area (Å²) in [7, 11) is 0. The molecule has 0 unspecified atom stereocenters. The van der Waals surface area contributed by atoms with E-state index in [2.05, 4.69) is 10.3 Å². The number of halogens is 2. The number of urea groups is 1. The molecule has 2 amide bonds. The number of nitrogens with zero attached hydrogens (tertiary/aromatic N) is 1. The lowest BCUT2D eigenvalue weighted by molar-refractivity contribution is 0.184. The smallest absolute Gasteiger partial charge is 0.322 e. The van der Waals surface area contributed by atoms with Crippen LogP contribution in [0.2, 0.25) is 5.02 Å². The summed E-state index contributed by atoms with van der Waals surface area (Å²) in [6.07, 6.45) is 1.66. The lowest BCUT2D eigenvalue weighted by Crippen LogP contribution is -2.39. The summed E-state index contributed by atoms with van der Waals surface area (Å²) < 4.78 is 13.4. The molecule has 0 bridgehead atoms. The van der Waals surface area contributed by atoms with Gasteiger partial charge in [-0.2, -0.15) is 0 Å². The van der Waals surface area contributed by atoms with Gasteiger partial charge in [-0.3, -0.25) is 4.79 Å². The molecule has 0 saturated carbocycles. The summed E-state index contributed by atoms with van der Waals surface area (Å²) in [6.45, 7) is 6.45. The second-order valence-corrected chi connectivity index (χ2v) is 7.81. The van der Waals surface area contributed by atoms with Crippen molar-refractivity contribution in [2.45, 2.75) is 26.8 Å². The van der Waals surface area contributed by atoms with Crippen LogP contribution in [0.15, 0.2) is 53.5 Å². The van der Waals surface area contributed by atoms with Crippen molar-refractivity contribution >= 4 is 34.1 Å². The summed E-state index contributed by atoms with van der Waals surface area (Å²) in [5.74, 6) is -0.328. The van der Waals surface area contributed by atoms with Gasteiger partial charge in [0.1, 0.15) is 5.82 Å². The molecule has 0 radical (unpaired) electrons. The van der Waals surface area contributed by atoms with Gasteiger partial charge in [0.15, 0.2) is 0 Å². The zero-order chi connectivity index (χ0) is 21.1. The Balaban J connectivity index is 1.96. The maximum absolute atomic E-state index is 13.4. The molecule has 0 spiro atoms. The molecular weight excluding hydrogens is 393 g/mol. The number of hydrogen-bond donors (Lipinski definition) is 2. The van der Waals surface area contributed by atoms with Crippen molar-refractivity contribution in [3.63, 3.8) is 0 Å². The monoisotopic (exact) mass is 415 g/mol. The van der Waals surface area contributed by atoms with Crippen LogP contribution in [0.5, 0.6) is 0 Å². The lowest BCUT2D eigenvalue weighted by Gasteiger charge is -2.31. The minimum atomic E-state index is -0.545. The first-order valence-corrected chi connectivity index (χ1v) is 9.78. The lowest BCUT2D eigenvalue weighted by atomic mass is 10.0. The summed E-state index contributed by atoms with van der Waals surface area (Å²) in [5.41, 5.74) is 1.08. The van der Waals surface area contributed by atoms with Crippen molar-refractivity contribution < 1.29 is 9.18 Å². The number of fused-ring (bicyclic) bond motifs is 1. The molecule has 152 valence electrons. The number of benzene rings is 2. The van der Waals surface area contributed by atoms with Gasteiger partial charge in [-0.1, -0.05) is 43.6 Å². The normalized spacial score (nSPS) is 12.2. The molecule has 0 fully saturated rings. The summed E-state index contributed by atoms with van der Waals surface area (Å²) >= 11 is 5.83. The predicted octanol–water partition coefficient (Wildman–Crippen LogP) is 5.57. The molecule has 3 rings (SSSR count). The van der Waals surface area contributed by atoms with Crippen LogP contribution in [0.1, 0.15) is 32.4 Å². The molecule has 1 heterocycles. The first-order valence-electron chi connectivity index (χ1n) is 9.41. The van der Waals surface area contributed by atoms with Crippen molar-refractivity contribution in [1.29, 1.82) is 0 Å². The number of carbonyl (C=O) groups is 1. The fourth-order valence-electron chi connectivity index (χ4n) is 3.32. The highest BCUT2D eigenvalue weighted by atomic mass is 35.5. The van der Waals surface area contributed by atoms with Gasteiger partial charge < -0.3 is 15.2 Å². The van der Waals surface area contributed by atoms with Gasteiger partial charge in [-0.05, 0) is 48.1 Å². The quantitative estimate of drug-likeness (QED) is 0.572. The number of anilines is 1. The van der Waals surface area contributed by atoms with Crippen LogP contribution in [0.3, 0.4) is 0 Å². The first kappa shape index (κ1) is 20.9.